The summed E-state index contributed by atoms with van der Waals surface area (Å²) in [5, 5.41) is 3.20. The molecule has 2 aromatic rings. The molecule has 2 heterocycles. The zero-order chi connectivity index (χ0) is 18.8. The van der Waals surface area contributed by atoms with Gasteiger partial charge in [0, 0.05) is 31.0 Å². The predicted molar refractivity (Wildman–Crippen MR) is 107 cm³/mol. The average molecular weight is 361 g/mol. The Morgan fingerprint density at radius 1 is 0.889 bits per heavy atom. The number of likely N-dealkylation sites (N-methyl/N-ethyl adjacent to an activating group) is 1. The molecule has 0 radical (unpaired) electrons. The molecule has 138 valence electrons. The smallest absolute Gasteiger partial charge is 0.278 e. The quantitative estimate of drug-likeness (QED) is 0.828. The molecule has 5 heteroatoms. The third-order valence-electron chi connectivity index (χ3n) is 5.15. The van der Waals surface area contributed by atoms with Gasteiger partial charge in [0.05, 0.1) is 5.57 Å². The molecule has 1 fully saturated rings. The fourth-order valence-corrected chi connectivity index (χ4v) is 3.73. The first kappa shape index (κ1) is 17.3. The molecule has 0 saturated carbocycles. The van der Waals surface area contributed by atoms with Crippen LogP contribution in [0.15, 0.2) is 60.3 Å². The first-order valence-electron chi connectivity index (χ1n) is 9.47. The zero-order valence-corrected chi connectivity index (χ0v) is 15.4. The first-order valence-corrected chi connectivity index (χ1v) is 9.47. The van der Waals surface area contributed by atoms with Crippen molar-refractivity contribution < 1.29 is 9.59 Å². The Morgan fingerprint density at radius 3 is 2.19 bits per heavy atom. The van der Waals surface area contributed by atoms with E-state index < -0.39 is 0 Å². The molecule has 27 heavy (non-hydrogen) atoms. The van der Waals surface area contributed by atoms with Gasteiger partial charge in [-0.05, 0) is 49.6 Å². The summed E-state index contributed by atoms with van der Waals surface area (Å²) in [6, 6.07) is 17.4. The minimum absolute atomic E-state index is 0.245. The third kappa shape index (κ3) is 3.21. The summed E-state index contributed by atoms with van der Waals surface area (Å²) in [5.74, 6) is -0.519. The van der Waals surface area contributed by atoms with Crippen molar-refractivity contribution in [2.75, 3.05) is 29.9 Å². The molecular formula is C22H23N3O2. The highest BCUT2D eigenvalue weighted by Crippen LogP contribution is 2.31. The number of hydrogen-bond donors (Lipinski definition) is 1. The maximum atomic E-state index is 12.8. The SMILES string of the molecule is CCN1C(=O)C(Nc2ccc(N3CCCC3)cc2)=C(c2ccccc2)C1=O. The molecule has 2 aromatic carbocycles. The van der Waals surface area contributed by atoms with Crippen molar-refractivity contribution in [1.82, 2.24) is 4.90 Å². The molecular weight excluding hydrogens is 338 g/mol. The van der Waals surface area contributed by atoms with E-state index in [9.17, 15) is 9.59 Å². The van der Waals surface area contributed by atoms with Crippen LogP contribution in [-0.2, 0) is 9.59 Å². The summed E-state index contributed by atoms with van der Waals surface area (Å²) in [7, 11) is 0. The van der Waals surface area contributed by atoms with Gasteiger partial charge in [-0.2, -0.15) is 0 Å². The predicted octanol–water partition coefficient (Wildman–Crippen LogP) is 3.50. The summed E-state index contributed by atoms with van der Waals surface area (Å²) in [6.07, 6.45) is 2.47. The lowest BCUT2D eigenvalue weighted by molar-refractivity contribution is -0.136. The summed E-state index contributed by atoms with van der Waals surface area (Å²) < 4.78 is 0. The van der Waals surface area contributed by atoms with Crippen molar-refractivity contribution in [2.45, 2.75) is 19.8 Å². The highest BCUT2D eigenvalue weighted by Gasteiger charge is 2.38. The summed E-state index contributed by atoms with van der Waals surface area (Å²) >= 11 is 0. The van der Waals surface area contributed by atoms with Crippen LogP contribution < -0.4 is 10.2 Å². The number of anilines is 2. The van der Waals surface area contributed by atoms with Gasteiger partial charge in [-0.3, -0.25) is 14.5 Å². The van der Waals surface area contributed by atoms with Gasteiger partial charge in [0.1, 0.15) is 5.70 Å². The molecule has 0 aromatic heterocycles. The van der Waals surface area contributed by atoms with Crippen LogP contribution in [-0.4, -0.2) is 36.3 Å². The second-order valence-corrected chi connectivity index (χ2v) is 6.84. The van der Waals surface area contributed by atoms with Crippen LogP contribution in [0, 0.1) is 0 Å². The van der Waals surface area contributed by atoms with Crippen molar-refractivity contribution in [3.8, 4) is 0 Å². The number of hydrogen-bond acceptors (Lipinski definition) is 4. The molecule has 4 rings (SSSR count). The Hall–Kier alpha value is -3.08. The first-order chi connectivity index (χ1) is 13.2. The Balaban J connectivity index is 1.65. The number of nitrogens with zero attached hydrogens (tertiary/aromatic N) is 2. The molecule has 2 aliphatic rings. The molecule has 0 bridgehead atoms. The van der Waals surface area contributed by atoms with Gasteiger partial charge in [0.25, 0.3) is 11.8 Å². The fourth-order valence-electron chi connectivity index (χ4n) is 3.73. The van der Waals surface area contributed by atoms with E-state index in [-0.39, 0.29) is 11.8 Å². The molecule has 0 spiro atoms. The van der Waals surface area contributed by atoms with E-state index >= 15 is 0 Å². The van der Waals surface area contributed by atoms with E-state index in [0.717, 1.165) is 24.3 Å². The van der Waals surface area contributed by atoms with Crippen LogP contribution in [0.4, 0.5) is 11.4 Å². The number of imide groups is 1. The maximum absolute atomic E-state index is 12.8. The second-order valence-electron chi connectivity index (χ2n) is 6.84. The van der Waals surface area contributed by atoms with Gasteiger partial charge in [-0.1, -0.05) is 30.3 Å². The van der Waals surface area contributed by atoms with E-state index in [1.54, 1.807) is 0 Å². The molecule has 0 unspecified atom stereocenters. The number of carbonyl (C=O) groups excluding carboxylic acids is 2. The lowest BCUT2D eigenvalue weighted by atomic mass is 10.0. The minimum Gasteiger partial charge on any atom is -0.372 e. The number of amides is 2. The minimum atomic E-state index is -0.273. The number of carbonyl (C=O) groups is 2. The summed E-state index contributed by atoms with van der Waals surface area (Å²) in [6.45, 7) is 4.35. The number of benzene rings is 2. The van der Waals surface area contributed by atoms with Crippen molar-refractivity contribution in [1.29, 1.82) is 0 Å². The Labute approximate surface area is 159 Å². The second kappa shape index (κ2) is 7.27. The van der Waals surface area contributed by atoms with Crippen LogP contribution in [0.3, 0.4) is 0 Å². The van der Waals surface area contributed by atoms with Crippen LogP contribution >= 0.6 is 0 Å². The normalized spacial score (nSPS) is 17.2. The summed E-state index contributed by atoms with van der Waals surface area (Å²) in [4.78, 5) is 29.2. The fraction of sp³-hybridized carbons (Fsp3) is 0.273. The Kier molecular flexibility index (Phi) is 4.67. The van der Waals surface area contributed by atoms with Crippen LogP contribution in [0.2, 0.25) is 0 Å². The topological polar surface area (TPSA) is 52.7 Å². The molecule has 0 aliphatic carbocycles. The van der Waals surface area contributed by atoms with Gasteiger partial charge < -0.3 is 10.2 Å². The van der Waals surface area contributed by atoms with Crippen molar-refractivity contribution in [3.05, 3.63) is 65.9 Å². The molecule has 5 nitrogen and oxygen atoms in total. The Morgan fingerprint density at radius 2 is 1.56 bits per heavy atom. The van der Waals surface area contributed by atoms with E-state index in [1.807, 2.05) is 49.4 Å². The monoisotopic (exact) mass is 361 g/mol. The van der Waals surface area contributed by atoms with Gasteiger partial charge in [0.2, 0.25) is 0 Å². The lowest BCUT2D eigenvalue weighted by Gasteiger charge is -2.18. The van der Waals surface area contributed by atoms with Crippen LogP contribution in [0.1, 0.15) is 25.3 Å². The van der Waals surface area contributed by atoms with Gasteiger partial charge >= 0.3 is 0 Å². The number of nitrogens with one attached hydrogen (secondary N) is 1. The average Bonchev–Trinajstić information content (AvgIpc) is 3.31. The van der Waals surface area contributed by atoms with E-state index in [0.29, 0.717) is 17.8 Å². The standard InChI is InChI=1S/C22H23N3O2/c1-2-25-21(26)19(16-8-4-3-5-9-16)20(22(25)27)23-17-10-12-18(13-11-17)24-14-6-7-15-24/h3-5,8-13,23H,2,6-7,14-15H2,1H3. The van der Waals surface area contributed by atoms with Crippen LogP contribution in [0.5, 0.6) is 0 Å². The number of rotatable bonds is 5. The zero-order valence-electron chi connectivity index (χ0n) is 15.4. The highest BCUT2D eigenvalue weighted by atomic mass is 16.2. The van der Waals surface area contributed by atoms with Crippen molar-refractivity contribution in [3.63, 3.8) is 0 Å². The highest BCUT2D eigenvalue weighted by molar-refractivity contribution is 6.36. The maximum Gasteiger partial charge on any atom is 0.278 e. The largest absolute Gasteiger partial charge is 0.372 e. The van der Waals surface area contributed by atoms with Crippen LogP contribution in [0.25, 0.3) is 5.57 Å². The van der Waals surface area contributed by atoms with Gasteiger partial charge in [-0.25, -0.2) is 0 Å². The molecule has 0 atom stereocenters. The summed E-state index contributed by atoms with van der Waals surface area (Å²) in [5.41, 5.74) is 3.54. The van der Waals surface area contributed by atoms with Crippen molar-refractivity contribution >= 4 is 28.8 Å². The van der Waals surface area contributed by atoms with E-state index in [2.05, 4.69) is 22.3 Å². The molecule has 1 N–H and O–H groups in total. The van der Waals surface area contributed by atoms with E-state index in [1.165, 1.54) is 23.4 Å². The van der Waals surface area contributed by atoms with Gasteiger partial charge in [0.15, 0.2) is 0 Å². The molecule has 2 aliphatic heterocycles. The van der Waals surface area contributed by atoms with E-state index in [4.69, 9.17) is 0 Å². The molecule has 1 saturated heterocycles. The lowest BCUT2D eigenvalue weighted by Crippen LogP contribution is -2.32. The van der Waals surface area contributed by atoms with Gasteiger partial charge in [-0.15, -0.1) is 0 Å². The third-order valence-corrected chi connectivity index (χ3v) is 5.15. The molecule has 2 amide bonds. The Bertz CT molecular complexity index is 882. The van der Waals surface area contributed by atoms with Crippen molar-refractivity contribution in [2.24, 2.45) is 0 Å².